The van der Waals surface area contributed by atoms with Crippen LogP contribution in [0.2, 0.25) is 0 Å². The number of nitrogens with one attached hydrogen (secondary N) is 1. The van der Waals surface area contributed by atoms with Crippen molar-refractivity contribution in [3.63, 3.8) is 0 Å². The molecule has 0 aromatic heterocycles. The number of carbonyl (C=O) groups is 1. The molecule has 4 nitrogen and oxygen atoms in total. The number of hydrogen-bond donors (Lipinski definition) is 2. The molecule has 1 aromatic carbocycles. The van der Waals surface area contributed by atoms with Gasteiger partial charge in [0.25, 0.3) is 0 Å². The third-order valence-corrected chi connectivity index (χ3v) is 4.66. The SMILES string of the molecule is CC(C(=O)NCC(C)(C)N)N1CCC(Cc2ccccc2)CC1.Cl.Cl. The number of carbonyl (C=O) groups excluding carboxylic acids is 1. The molecule has 1 aliphatic rings. The Bertz CT molecular complexity index is 497. The Labute approximate surface area is 164 Å². The molecular weight excluding hydrogens is 357 g/mol. The molecule has 1 saturated heterocycles. The second-order valence-corrected chi connectivity index (χ2v) is 7.55. The van der Waals surface area contributed by atoms with Crippen LogP contribution in [0.4, 0.5) is 0 Å². The number of nitrogens with zero attached hydrogens (tertiary/aromatic N) is 1. The van der Waals surface area contributed by atoms with Gasteiger partial charge in [-0.1, -0.05) is 30.3 Å². The Balaban J connectivity index is 0.00000288. The molecule has 0 spiro atoms. The molecule has 1 fully saturated rings. The quantitative estimate of drug-likeness (QED) is 0.785. The highest BCUT2D eigenvalue weighted by Crippen LogP contribution is 2.22. The number of piperidine rings is 1. The first-order valence-corrected chi connectivity index (χ1v) is 8.70. The molecule has 0 radical (unpaired) electrons. The predicted molar refractivity (Wildman–Crippen MR) is 110 cm³/mol. The monoisotopic (exact) mass is 389 g/mol. The van der Waals surface area contributed by atoms with E-state index in [4.69, 9.17) is 5.73 Å². The van der Waals surface area contributed by atoms with Gasteiger partial charge in [-0.3, -0.25) is 9.69 Å². The lowest BCUT2D eigenvalue weighted by molar-refractivity contribution is -0.126. The number of halogens is 2. The molecule has 1 unspecified atom stereocenters. The highest BCUT2D eigenvalue weighted by atomic mass is 35.5. The molecule has 25 heavy (non-hydrogen) atoms. The van der Waals surface area contributed by atoms with E-state index < -0.39 is 0 Å². The van der Waals surface area contributed by atoms with Crippen LogP contribution < -0.4 is 11.1 Å². The van der Waals surface area contributed by atoms with Crippen LogP contribution in [0.1, 0.15) is 39.2 Å². The van der Waals surface area contributed by atoms with Crippen LogP contribution >= 0.6 is 24.8 Å². The second-order valence-electron chi connectivity index (χ2n) is 7.55. The molecule has 0 saturated carbocycles. The third kappa shape index (κ3) is 8.41. The first-order valence-electron chi connectivity index (χ1n) is 8.70. The van der Waals surface area contributed by atoms with Crippen molar-refractivity contribution in [1.29, 1.82) is 0 Å². The minimum atomic E-state index is -0.363. The molecule has 6 heteroatoms. The molecule has 1 aliphatic heterocycles. The van der Waals surface area contributed by atoms with Crippen LogP contribution in [0, 0.1) is 5.92 Å². The maximum atomic E-state index is 12.3. The summed E-state index contributed by atoms with van der Waals surface area (Å²) in [6, 6.07) is 10.6. The van der Waals surface area contributed by atoms with Crippen LogP contribution in [0.3, 0.4) is 0 Å². The largest absolute Gasteiger partial charge is 0.353 e. The summed E-state index contributed by atoms with van der Waals surface area (Å²) in [4.78, 5) is 14.5. The van der Waals surface area contributed by atoms with Crippen molar-refractivity contribution in [1.82, 2.24) is 10.2 Å². The van der Waals surface area contributed by atoms with Gasteiger partial charge in [-0.25, -0.2) is 0 Å². The highest BCUT2D eigenvalue weighted by Gasteiger charge is 2.27. The van der Waals surface area contributed by atoms with Crippen LogP contribution in [-0.4, -0.2) is 42.0 Å². The van der Waals surface area contributed by atoms with E-state index in [9.17, 15) is 4.79 Å². The molecule has 144 valence electrons. The first kappa shape index (κ1) is 24.2. The minimum absolute atomic E-state index is 0. The maximum absolute atomic E-state index is 12.3. The Kier molecular flexibility index (Phi) is 10.7. The average Bonchev–Trinajstić information content (AvgIpc) is 2.53. The van der Waals surface area contributed by atoms with Gasteiger partial charge in [0.2, 0.25) is 5.91 Å². The summed E-state index contributed by atoms with van der Waals surface area (Å²) in [5, 5.41) is 2.97. The minimum Gasteiger partial charge on any atom is -0.353 e. The maximum Gasteiger partial charge on any atom is 0.237 e. The fraction of sp³-hybridized carbons (Fsp3) is 0.632. The zero-order valence-electron chi connectivity index (χ0n) is 15.5. The second kappa shape index (κ2) is 11.0. The van der Waals surface area contributed by atoms with Crippen molar-refractivity contribution < 1.29 is 4.79 Å². The molecule has 1 heterocycles. The Morgan fingerprint density at radius 2 is 1.80 bits per heavy atom. The number of amides is 1. The molecule has 1 aromatic rings. The molecule has 3 N–H and O–H groups in total. The van der Waals surface area contributed by atoms with Crippen molar-refractivity contribution in [2.45, 2.75) is 51.6 Å². The van der Waals surface area contributed by atoms with E-state index in [2.05, 4.69) is 40.5 Å². The van der Waals surface area contributed by atoms with Crippen molar-refractivity contribution >= 4 is 30.7 Å². The lowest BCUT2D eigenvalue weighted by atomic mass is 9.89. The summed E-state index contributed by atoms with van der Waals surface area (Å²) in [6.45, 7) is 8.35. The zero-order chi connectivity index (χ0) is 16.9. The van der Waals surface area contributed by atoms with Gasteiger partial charge in [0.05, 0.1) is 6.04 Å². The van der Waals surface area contributed by atoms with Gasteiger partial charge in [0.1, 0.15) is 0 Å². The molecular formula is C19H33Cl2N3O. The van der Waals surface area contributed by atoms with E-state index in [0.29, 0.717) is 6.54 Å². The summed E-state index contributed by atoms with van der Waals surface area (Å²) >= 11 is 0. The highest BCUT2D eigenvalue weighted by molar-refractivity contribution is 5.85. The predicted octanol–water partition coefficient (Wildman–Crippen LogP) is 3.03. The van der Waals surface area contributed by atoms with Gasteiger partial charge >= 0.3 is 0 Å². The molecule has 1 amide bonds. The number of benzene rings is 1. The number of likely N-dealkylation sites (tertiary alicyclic amines) is 1. The lowest BCUT2D eigenvalue weighted by Crippen LogP contribution is -2.52. The van der Waals surface area contributed by atoms with E-state index >= 15 is 0 Å². The number of rotatable bonds is 6. The lowest BCUT2D eigenvalue weighted by Gasteiger charge is -2.35. The molecule has 1 atom stereocenters. The van der Waals surface area contributed by atoms with Gasteiger partial charge in [-0.05, 0) is 64.6 Å². The summed E-state index contributed by atoms with van der Waals surface area (Å²) in [5.74, 6) is 0.817. The smallest absolute Gasteiger partial charge is 0.237 e. The third-order valence-electron chi connectivity index (χ3n) is 4.66. The normalized spacial score (nSPS) is 17.1. The van der Waals surface area contributed by atoms with E-state index in [-0.39, 0.29) is 42.3 Å². The zero-order valence-corrected chi connectivity index (χ0v) is 17.2. The van der Waals surface area contributed by atoms with E-state index in [1.165, 1.54) is 5.56 Å². The van der Waals surface area contributed by atoms with Crippen molar-refractivity contribution in [3.05, 3.63) is 35.9 Å². The fourth-order valence-electron chi connectivity index (χ4n) is 3.12. The molecule has 2 rings (SSSR count). The molecule has 0 bridgehead atoms. The van der Waals surface area contributed by atoms with Crippen LogP contribution in [0.5, 0.6) is 0 Å². The average molecular weight is 390 g/mol. The van der Waals surface area contributed by atoms with E-state index in [0.717, 1.165) is 38.3 Å². The van der Waals surface area contributed by atoms with Gasteiger partial charge in [0, 0.05) is 12.1 Å². The van der Waals surface area contributed by atoms with Crippen molar-refractivity contribution in [3.8, 4) is 0 Å². The summed E-state index contributed by atoms with van der Waals surface area (Å²) in [5.41, 5.74) is 6.98. The summed E-state index contributed by atoms with van der Waals surface area (Å²) in [6.07, 6.45) is 3.47. The Morgan fingerprint density at radius 1 is 1.24 bits per heavy atom. The van der Waals surface area contributed by atoms with Crippen LogP contribution in [0.25, 0.3) is 0 Å². The van der Waals surface area contributed by atoms with Gasteiger partial charge < -0.3 is 11.1 Å². The Hall–Kier alpha value is -0.810. The first-order chi connectivity index (χ1) is 10.8. The van der Waals surface area contributed by atoms with Gasteiger partial charge in [0.15, 0.2) is 0 Å². The van der Waals surface area contributed by atoms with E-state index in [1.807, 2.05) is 20.8 Å². The van der Waals surface area contributed by atoms with Crippen molar-refractivity contribution in [2.24, 2.45) is 11.7 Å². The number of nitrogens with two attached hydrogens (primary N) is 1. The van der Waals surface area contributed by atoms with Crippen LogP contribution in [-0.2, 0) is 11.2 Å². The standard InChI is InChI=1S/C19H31N3O.2ClH/c1-15(18(23)21-14-19(2,3)20)22-11-9-17(10-12-22)13-16-7-5-4-6-8-16;;/h4-8,15,17H,9-14,20H2,1-3H3,(H,21,23);2*1H. The summed E-state index contributed by atoms with van der Waals surface area (Å²) < 4.78 is 0. The van der Waals surface area contributed by atoms with E-state index in [1.54, 1.807) is 0 Å². The Morgan fingerprint density at radius 3 is 2.32 bits per heavy atom. The fourth-order valence-corrected chi connectivity index (χ4v) is 3.12. The van der Waals surface area contributed by atoms with Gasteiger partial charge in [-0.2, -0.15) is 0 Å². The van der Waals surface area contributed by atoms with Crippen LogP contribution in [0.15, 0.2) is 30.3 Å². The topological polar surface area (TPSA) is 58.4 Å². The van der Waals surface area contributed by atoms with Crippen molar-refractivity contribution in [2.75, 3.05) is 19.6 Å². The summed E-state index contributed by atoms with van der Waals surface area (Å²) in [7, 11) is 0. The van der Waals surface area contributed by atoms with Gasteiger partial charge in [-0.15, -0.1) is 24.8 Å². The molecule has 0 aliphatic carbocycles. The number of hydrogen-bond acceptors (Lipinski definition) is 3.